The third kappa shape index (κ3) is 5.60. The molecule has 1 aliphatic rings. The molecule has 0 saturated carbocycles. The van der Waals surface area contributed by atoms with Gasteiger partial charge in [-0.25, -0.2) is 15.0 Å². The zero-order valence-corrected chi connectivity index (χ0v) is 34.1. The first kappa shape index (κ1) is 35.4. The maximum Gasteiger partial charge on any atom is 0.164 e. The number of rotatable bonds is 6. The van der Waals surface area contributed by atoms with Gasteiger partial charge in [0, 0.05) is 55.5 Å². The Bertz CT molecular complexity index is 3580. The normalized spacial score (nSPS) is 12.4. The smallest absolute Gasteiger partial charge is 0.164 e. The second-order valence-corrected chi connectivity index (χ2v) is 16.4. The summed E-state index contributed by atoms with van der Waals surface area (Å²) in [4.78, 5) is 15.0. The Labute approximate surface area is 363 Å². The SMILES string of the molecule is c1ccc(-c2nc(-c3ccccc3)nc(-c3ccc(-n4c5ccc(C6c7ccccc7-c7ccccc76)cc5c5cc(-n6c7ccccc7c7ccccc76)ccc54)cc3)n2)cc1. The highest BCUT2D eigenvalue weighted by Crippen LogP contribution is 2.49. The molecule has 0 unspecified atom stereocenters. The predicted octanol–water partition coefficient (Wildman–Crippen LogP) is 14.2. The molecule has 3 heterocycles. The molecule has 1 aliphatic carbocycles. The van der Waals surface area contributed by atoms with Gasteiger partial charge in [0.05, 0.1) is 22.1 Å². The molecule has 5 heteroatoms. The Morgan fingerprint density at radius 1 is 0.302 bits per heavy atom. The summed E-state index contributed by atoms with van der Waals surface area (Å²) < 4.78 is 4.82. The highest BCUT2D eigenvalue weighted by atomic mass is 15.0. The van der Waals surface area contributed by atoms with E-state index in [-0.39, 0.29) is 5.92 Å². The van der Waals surface area contributed by atoms with Gasteiger partial charge in [0.2, 0.25) is 0 Å². The van der Waals surface area contributed by atoms with Crippen LogP contribution in [0.3, 0.4) is 0 Å². The zero-order chi connectivity index (χ0) is 41.4. The van der Waals surface area contributed by atoms with Crippen molar-refractivity contribution in [3.8, 4) is 56.7 Å². The van der Waals surface area contributed by atoms with E-state index in [1.54, 1.807) is 0 Å². The molecule has 0 aliphatic heterocycles. The van der Waals surface area contributed by atoms with Crippen LogP contribution in [0.4, 0.5) is 0 Å². The Hall–Kier alpha value is -8.41. The minimum Gasteiger partial charge on any atom is -0.309 e. The van der Waals surface area contributed by atoms with Crippen LogP contribution in [0.2, 0.25) is 0 Å². The predicted molar refractivity (Wildman–Crippen MR) is 258 cm³/mol. The zero-order valence-electron chi connectivity index (χ0n) is 34.1. The molecule has 0 amide bonds. The summed E-state index contributed by atoms with van der Waals surface area (Å²) in [6.45, 7) is 0. The fourth-order valence-corrected chi connectivity index (χ4v) is 10.0. The molecule has 12 aromatic rings. The van der Waals surface area contributed by atoms with E-state index in [0.29, 0.717) is 17.5 Å². The van der Waals surface area contributed by atoms with Crippen LogP contribution in [0.15, 0.2) is 218 Å². The molecular formula is C58H37N5. The second-order valence-electron chi connectivity index (χ2n) is 16.4. The van der Waals surface area contributed by atoms with Crippen molar-refractivity contribution in [2.24, 2.45) is 0 Å². The molecule has 294 valence electrons. The summed E-state index contributed by atoms with van der Waals surface area (Å²) in [6, 6.07) is 78.2. The quantitative estimate of drug-likeness (QED) is 0.168. The van der Waals surface area contributed by atoms with Crippen molar-refractivity contribution in [1.82, 2.24) is 24.1 Å². The number of hydrogen-bond donors (Lipinski definition) is 0. The number of nitrogens with zero attached hydrogens (tertiary/aromatic N) is 5. The van der Waals surface area contributed by atoms with Gasteiger partial charge in [-0.2, -0.15) is 0 Å². The van der Waals surface area contributed by atoms with Gasteiger partial charge in [-0.05, 0) is 94.5 Å². The lowest BCUT2D eigenvalue weighted by molar-refractivity contribution is 1.02. The first-order valence-corrected chi connectivity index (χ1v) is 21.5. The van der Waals surface area contributed by atoms with Crippen molar-refractivity contribution in [2.75, 3.05) is 0 Å². The molecule has 0 fully saturated rings. The Morgan fingerprint density at radius 2 is 0.714 bits per heavy atom. The Morgan fingerprint density at radius 3 is 1.29 bits per heavy atom. The average Bonchev–Trinajstić information content (AvgIpc) is 4.00. The molecule has 9 aromatic carbocycles. The van der Waals surface area contributed by atoms with Crippen molar-refractivity contribution in [1.29, 1.82) is 0 Å². The van der Waals surface area contributed by atoms with Gasteiger partial charge in [0.25, 0.3) is 0 Å². The largest absolute Gasteiger partial charge is 0.309 e. The van der Waals surface area contributed by atoms with Gasteiger partial charge < -0.3 is 9.13 Å². The van der Waals surface area contributed by atoms with Gasteiger partial charge in [-0.1, -0.05) is 152 Å². The Kier molecular flexibility index (Phi) is 7.90. The summed E-state index contributed by atoms with van der Waals surface area (Å²) >= 11 is 0. The van der Waals surface area contributed by atoms with Crippen LogP contribution in [-0.2, 0) is 0 Å². The fraction of sp³-hybridized carbons (Fsp3) is 0.0172. The second kappa shape index (κ2) is 14.1. The van der Waals surface area contributed by atoms with Crippen molar-refractivity contribution in [3.05, 3.63) is 235 Å². The standard InChI is InChI=1S/C58H37N5/c1-3-15-37(16-4-1)56-59-57(38-17-5-2-6-18-38)61-58(60-56)39-27-30-41(31-28-39)62-53-33-29-40(55-47-23-9-7-19-43(47)44-20-8-10-24-48(44)55)35-49(53)50-36-42(32-34-54(50)62)63-51-25-13-11-21-45(51)46-22-12-14-26-52(46)63/h1-36,55H. The van der Waals surface area contributed by atoms with Crippen molar-refractivity contribution < 1.29 is 0 Å². The first-order chi connectivity index (χ1) is 31.2. The highest BCUT2D eigenvalue weighted by molar-refractivity contribution is 6.12. The Balaban J connectivity index is 1.00. The van der Waals surface area contributed by atoms with Gasteiger partial charge >= 0.3 is 0 Å². The van der Waals surface area contributed by atoms with E-state index >= 15 is 0 Å². The lowest BCUT2D eigenvalue weighted by Gasteiger charge is -2.15. The van der Waals surface area contributed by atoms with Crippen LogP contribution in [0.1, 0.15) is 22.6 Å². The van der Waals surface area contributed by atoms with E-state index in [2.05, 4.69) is 167 Å². The maximum absolute atomic E-state index is 5.02. The highest BCUT2D eigenvalue weighted by Gasteiger charge is 2.30. The summed E-state index contributed by atoms with van der Waals surface area (Å²) in [7, 11) is 0. The topological polar surface area (TPSA) is 48.5 Å². The maximum atomic E-state index is 5.02. The number of aromatic nitrogens is 5. The van der Waals surface area contributed by atoms with Crippen LogP contribution in [-0.4, -0.2) is 24.1 Å². The third-order valence-electron chi connectivity index (χ3n) is 12.9. The summed E-state index contributed by atoms with van der Waals surface area (Å²) in [5.74, 6) is 2.07. The van der Waals surface area contributed by atoms with E-state index in [1.165, 1.54) is 60.4 Å². The summed E-state index contributed by atoms with van der Waals surface area (Å²) in [6.07, 6.45) is 0. The van der Waals surface area contributed by atoms with E-state index in [9.17, 15) is 0 Å². The monoisotopic (exact) mass is 803 g/mol. The van der Waals surface area contributed by atoms with E-state index in [0.717, 1.165) is 39.1 Å². The van der Waals surface area contributed by atoms with Gasteiger partial charge in [0.1, 0.15) is 0 Å². The molecule has 63 heavy (non-hydrogen) atoms. The molecule has 0 spiro atoms. The van der Waals surface area contributed by atoms with Crippen molar-refractivity contribution >= 4 is 43.6 Å². The first-order valence-electron chi connectivity index (χ1n) is 21.5. The summed E-state index contributed by atoms with van der Waals surface area (Å²) in [5.41, 5.74) is 16.3. The van der Waals surface area contributed by atoms with E-state index in [4.69, 9.17) is 15.0 Å². The van der Waals surface area contributed by atoms with E-state index < -0.39 is 0 Å². The minimum atomic E-state index is 0.141. The number of para-hydroxylation sites is 2. The van der Waals surface area contributed by atoms with Crippen molar-refractivity contribution in [2.45, 2.75) is 5.92 Å². The lowest BCUT2D eigenvalue weighted by Crippen LogP contribution is -2.01. The molecule has 5 nitrogen and oxygen atoms in total. The van der Waals surface area contributed by atoms with Crippen molar-refractivity contribution in [3.63, 3.8) is 0 Å². The van der Waals surface area contributed by atoms with E-state index in [1.807, 2.05) is 60.7 Å². The number of benzene rings is 9. The van der Waals surface area contributed by atoms with Gasteiger partial charge in [-0.15, -0.1) is 0 Å². The lowest BCUT2D eigenvalue weighted by atomic mass is 9.88. The van der Waals surface area contributed by atoms with Gasteiger partial charge in [0.15, 0.2) is 17.5 Å². The average molecular weight is 804 g/mol. The van der Waals surface area contributed by atoms with Crippen LogP contribution in [0, 0.1) is 0 Å². The molecule has 3 aromatic heterocycles. The van der Waals surface area contributed by atoms with Gasteiger partial charge in [-0.3, -0.25) is 0 Å². The number of fused-ring (bicyclic) bond motifs is 9. The third-order valence-corrected chi connectivity index (χ3v) is 12.9. The van der Waals surface area contributed by atoms with Crippen LogP contribution in [0.25, 0.3) is 100 Å². The molecule has 0 saturated heterocycles. The molecule has 0 radical (unpaired) electrons. The fourth-order valence-electron chi connectivity index (χ4n) is 10.0. The molecule has 13 rings (SSSR count). The van der Waals surface area contributed by atoms with Crippen LogP contribution < -0.4 is 0 Å². The molecular weight excluding hydrogens is 767 g/mol. The molecule has 0 atom stereocenters. The number of hydrogen-bond acceptors (Lipinski definition) is 3. The summed E-state index contributed by atoms with van der Waals surface area (Å²) in [5, 5.41) is 4.92. The minimum absolute atomic E-state index is 0.141. The van der Waals surface area contributed by atoms with Crippen LogP contribution >= 0.6 is 0 Å². The van der Waals surface area contributed by atoms with Crippen LogP contribution in [0.5, 0.6) is 0 Å². The molecule has 0 N–H and O–H groups in total. The molecule has 0 bridgehead atoms.